The molecule has 1 N–H and O–H groups in total. The molecular weight excluding hydrogens is 270 g/mol. The lowest BCUT2D eigenvalue weighted by Gasteiger charge is -2.28. The molecule has 0 spiro atoms. The van der Waals surface area contributed by atoms with E-state index in [1.807, 2.05) is 18.2 Å². The predicted octanol–water partition coefficient (Wildman–Crippen LogP) is 1.32. The second-order valence-electron chi connectivity index (χ2n) is 5.12. The van der Waals surface area contributed by atoms with Crippen LogP contribution in [0, 0.1) is 0 Å². The molecule has 0 radical (unpaired) electrons. The fourth-order valence-corrected chi connectivity index (χ4v) is 2.62. The van der Waals surface area contributed by atoms with E-state index in [1.165, 1.54) is 16.4 Å². The van der Waals surface area contributed by atoms with E-state index in [2.05, 4.69) is 11.2 Å². The van der Waals surface area contributed by atoms with Gasteiger partial charge in [-0.25, -0.2) is 4.79 Å². The average molecular weight is 285 g/mol. The fraction of sp³-hybridized carbons (Fsp3) is 0.267. The molecule has 1 aromatic heterocycles. The molecule has 0 unspecified atom stereocenters. The minimum atomic E-state index is -1.14. The van der Waals surface area contributed by atoms with Crippen LogP contribution in [0.25, 0.3) is 0 Å². The van der Waals surface area contributed by atoms with Crippen LogP contribution in [0.2, 0.25) is 0 Å². The van der Waals surface area contributed by atoms with E-state index in [0.717, 1.165) is 12.0 Å². The summed E-state index contributed by atoms with van der Waals surface area (Å²) < 4.78 is 1.36. The maximum atomic E-state index is 12.5. The zero-order valence-corrected chi connectivity index (χ0v) is 11.6. The monoisotopic (exact) mass is 285 g/mol. The van der Waals surface area contributed by atoms with Crippen molar-refractivity contribution in [3.63, 3.8) is 0 Å². The van der Waals surface area contributed by atoms with Crippen molar-refractivity contribution in [2.45, 2.75) is 13.0 Å². The lowest BCUT2D eigenvalue weighted by Crippen LogP contribution is -2.36. The number of amides is 1. The molecule has 1 aromatic carbocycles. The number of hydrogen-bond acceptors (Lipinski definition) is 3. The number of carbonyl (C=O) groups is 2. The number of aromatic carboxylic acids is 1. The number of aromatic nitrogens is 2. The normalized spacial score (nSPS) is 13.9. The van der Waals surface area contributed by atoms with E-state index >= 15 is 0 Å². The first-order chi connectivity index (χ1) is 10.1. The largest absolute Gasteiger partial charge is 0.478 e. The molecule has 6 heteroatoms. The van der Waals surface area contributed by atoms with Crippen molar-refractivity contribution >= 4 is 11.9 Å². The Morgan fingerprint density at radius 1 is 1.24 bits per heavy atom. The summed E-state index contributed by atoms with van der Waals surface area (Å²) in [6.45, 7) is 1.07. The quantitative estimate of drug-likeness (QED) is 0.903. The zero-order chi connectivity index (χ0) is 15.0. The second-order valence-corrected chi connectivity index (χ2v) is 5.12. The van der Waals surface area contributed by atoms with Crippen LogP contribution in [-0.2, 0) is 20.0 Å². The Hall–Kier alpha value is -2.63. The van der Waals surface area contributed by atoms with Crippen LogP contribution in [-0.4, -0.2) is 38.2 Å². The van der Waals surface area contributed by atoms with Crippen molar-refractivity contribution in [3.05, 3.63) is 52.8 Å². The van der Waals surface area contributed by atoms with Crippen molar-refractivity contribution in [1.82, 2.24) is 14.7 Å². The van der Waals surface area contributed by atoms with Gasteiger partial charge in [0, 0.05) is 26.3 Å². The van der Waals surface area contributed by atoms with E-state index < -0.39 is 5.97 Å². The zero-order valence-electron chi connectivity index (χ0n) is 11.6. The first-order valence-electron chi connectivity index (χ1n) is 6.69. The summed E-state index contributed by atoms with van der Waals surface area (Å²) in [7, 11) is 1.61. The van der Waals surface area contributed by atoms with E-state index in [4.69, 9.17) is 5.11 Å². The summed E-state index contributed by atoms with van der Waals surface area (Å²) in [6, 6.07) is 7.97. The van der Waals surface area contributed by atoms with Gasteiger partial charge in [0.1, 0.15) is 5.56 Å². The minimum Gasteiger partial charge on any atom is -0.478 e. The van der Waals surface area contributed by atoms with Gasteiger partial charge in [-0.2, -0.15) is 5.10 Å². The Labute approximate surface area is 121 Å². The lowest BCUT2D eigenvalue weighted by atomic mass is 9.99. The first kappa shape index (κ1) is 13.4. The summed E-state index contributed by atoms with van der Waals surface area (Å²) in [5.41, 5.74) is 2.29. The smallest absolute Gasteiger partial charge is 0.339 e. The molecule has 0 fully saturated rings. The van der Waals surface area contributed by atoms with Crippen LogP contribution in [0.3, 0.4) is 0 Å². The van der Waals surface area contributed by atoms with Gasteiger partial charge < -0.3 is 10.0 Å². The molecule has 21 heavy (non-hydrogen) atoms. The Kier molecular flexibility index (Phi) is 3.21. The predicted molar refractivity (Wildman–Crippen MR) is 75.1 cm³/mol. The number of carboxylic acid groups (broad SMARTS) is 1. The Bertz CT molecular complexity index is 721. The van der Waals surface area contributed by atoms with Crippen molar-refractivity contribution < 1.29 is 14.7 Å². The Balaban J connectivity index is 1.89. The van der Waals surface area contributed by atoms with Crippen molar-refractivity contribution in [1.29, 1.82) is 0 Å². The summed E-state index contributed by atoms with van der Waals surface area (Å²) in [4.78, 5) is 25.4. The molecule has 6 nitrogen and oxygen atoms in total. The molecule has 0 saturated carbocycles. The number of rotatable bonds is 2. The molecule has 0 atom stereocenters. The average Bonchev–Trinajstić information content (AvgIpc) is 2.88. The number of carbonyl (C=O) groups excluding carboxylic acids is 1. The van der Waals surface area contributed by atoms with Crippen LogP contribution in [0.1, 0.15) is 32.0 Å². The maximum Gasteiger partial charge on any atom is 0.339 e. The highest BCUT2D eigenvalue weighted by Crippen LogP contribution is 2.20. The molecule has 0 aliphatic carbocycles. The van der Waals surface area contributed by atoms with Crippen LogP contribution in [0.15, 0.2) is 30.5 Å². The third kappa shape index (κ3) is 2.40. The molecule has 108 valence electrons. The molecule has 2 heterocycles. The van der Waals surface area contributed by atoms with Crippen LogP contribution in [0.4, 0.5) is 0 Å². The summed E-state index contributed by atoms with van der Waals surface area (Å²) in [5.74, 6) is -1.47. The Morgan fingerprint density at radius 3 is 2.67 bits per heavy atom. The first-order valence-corrected chi connectivity index (χ1v) is 6.69. The summed E-state index contributed by atoms with van der Waals surface area (Å²) in [5, 5.41) is 13.2. The fourth-order valence-electron chi connectivity index (χ4n) is 2.62. The van der Waals surface area contributed by atoms with Gasteiger partial charge in [0.2, 0.25) is 0 Å². The van der Waals surface area contributed by atoms with Gasteiger partial charge in [-0.1, -0.05) is 24.3 Å². The summed E-state index contributed by atoms with van der Waals surface area (Å²) >= 11 is 0. The number of carboxylic acids is 1. The lowest BCUT2D eigenvalue weighted by molar-refractivity contribution is 0.0668. The van der Waals surface area contributed by atoms with Crippen LogP contribution < -0.4 is 0 Å². The number of aryl methyl sites for hydroxylation is 1. The number of nitrogens with zero attached hydrogens (tertiary/aromatic N) is 3. The summed E-state index contributed by atoms with van der Waals surface area (Å²) in [6.07, 6.45) is 2.13. The van der Waals surface area contributed by atoms with Crippen molar-refractivity contribution in [3.8, 4) is 0 Å². The highest BCUT2D eigenvalue weighted by molar-refractivity contribution is 6.03. The molecule has 0 bridgehead atoms. The molecule has 0 saturated heterocycles. The van der Waals surface area contributed by atoms with Gasteiger partial charge in [0.15, 0.2) is 5.69 Å². The van der Waals surface area contributed by atoms with Crippen molar-refractivity contribution in [2.24, 2.45) is 7.05 Å². The highest BCUT2D eigenvalue weighted by atomic mass is 16.4. The molecule has 1 aliphatic rings. The van der Waals surface area contributed by atoms with Gasteiger partial charge in [-0.05, 0) is 17.5 Å². The Morgan fingerprint density at radius 2 is 1.95 bits per heavy atom. The van der Waals surface area contributed by atoms with Gasteiger partial charge >= 0.3 is 5.97 Å². The van der Waals surface area contributed by atoms with E-state index in [0.29, 0.717) is 13.1 Å². The molecular formula is C15H15N3O3. The molecule has 1 aliphatic heterocycles. The van der Waals surface area contributed by atoms with E-state index in [-0.39, 0.29) is 17.2 Å². The van der Waals surface area contributed by atoms with Crippen LogP contribution in [0.5, 0.6) is 0 Å². The van der Waals surface area contributed by atoms with Gasteiger partial charge in [-0.15, -0.1) is 0 Å². The van der Waals surface area contributed by atoms with Crippen LogP contribution >= 0.6 is 0 Å². The number of hydrogen-bond donors (Lipinski definition) is 1. The minimum absolute atomic E-state index is 0.00406. The molecule has 1 amide bonds. The third-order valence-electron chi connectivity index (χ3n) is 3.68. The van der Waals surface area contributed by atoms with Gasteiger partial charge in [0.25, 0.3) is 5.91 Å². The van der Waals surface area contributed by atoms with E-state index in [9.17, 15) is 9.59 Å². The number of fused-ring (bicyclic) bond motifs is 1. The third-order valence-corrected chi connectivity index (χ3v) is 3.68. The maximum absolute atomic E-state index is 12.5. The standard InChI is InChI=1S/C15H15N3O3/c1-17-9-12(15(20)21)13(16-17)14(19)18-7-6-10-4-2-3-5-11(10)8-18/h2-5,9H,6-8H2,1H3,(H,20,21). The molecule has 3 rings (SSSR count). The van der Waals surface area contributed by atoms with Gasteiger partial charge in [-0.3, -0.25) is 9.48 Å². The SMILES string of the molecule is Cn1cc(C(=O)O)c(C(=O)N2CCc3ccccc3C2)n1. The van der Waals surface area contributed by atoms with Gasteiger partial charge in [0.05, 0.1) is 0 Å². The second kappa shape index (κ2) is 5.05. The number of benzene rings is 1. The topological polar surface area (TPSA) is 75.4 Å². The highest BCUT2D eigenvalue weighted by Gasteiger charge is 2.27. The molecule has 2 aromatic rings. The van der Waals surface area contributed by atoms with E-state index in [1.54, 1.807) is 11.9 Å². The van der Waals surface area contributed by atoms with Crippen molar-refractivity contribution in [2.75, 3.05) is 6.54 Å².